The first-order valence-electron chi connectivity index (χ1n) is 10.7. The summed E-state index contributed by atoms with van der Waals surface area (Å²) in [5, 5.41) is 27.2. The Morgan fingerprint density at radius 3 is 2.72 bits per heavy atom. The number of aromatic amines is 1. The number of hydrogen-bond acceptors (Lipinski definition) is 6. The van der Waals surface area contributed by atoms with Gasteiger partial charge >= 0.3 is 0 Å². The minimum Gasteiger partial charge on any atom is -0.507 e. The van der Waals surface area contributed by atoms with Crippen molar-refractivity contribution < 1.29 is 24.5 Å². The number of unbranched alkanes of at least 4 members (excludes halogenated alkanes) is 1. The van der Waals surface area contributed by atoms with Gasteiger partial charge < -0.3 is 24.6 Å². The molecule has 32 heavy (non-hydrogen) atoms. The van der Waals surface area contributed by atoms with Crippen LogP contribution >= 0.6 is 0 Å². The van der Waals surface area contributed by atoms with Crippen LogP contribution in [0.4, 0.5) is 0 Å². The molecule has 1 amide bonds. The summed E-state index contributed by atoms with van der Waals surface area (Å²) in [7, 11) is 1.58. The molecule has 0 unspecified atom stereocenters. The van der Waals surface area contributed by atoms with Crippen molar-refractivity contribution >= 4 is 5.91 Å². The molecule has 1 aromatic heterocycles. The first kappa shape index (κ1) is 21.7. The molecule has 8 nitrogen and oxygen atoms in total. The van der Waals surface area contributed by atoms with Gasteiger partial charge in [0.15, 0.2) is 11.5 Å². The van der Waals surface area contributed by atoms with E-state index in [9.17, 15) is 15.0 Å². The van der Waals surface area contributed by atoms with Crippen LogP contribution in [0.15, 0.2) is 42.5 Å². The van der Waals surface area contributed by atoms with Gasteiger partial charge in [-0.05, 0) is 36.2 Å². The molecule has 168 valence electrons. The molecular formula is C24H27N3O5. The summed E-state index contributed by atoms with van der Waals surface area (Å²) in [5.74, 6) is 1.02. The van der Waals surface area contributed by atoms with Crippen LogP contribution in [0.2, 0.25) is 0 Å². The predicted octanol–water partition coefficient (Wildman–Crippen LogP) is 3.51. The summed E-state index contributed by atoms with van der Waals surface area (Å²) in [6.07, 6.45) is 1.97. The molecule has 0 bridgehead atoms. The number of β-amino-alcohol motifs (C(OH)–C–C–N with tert-alkyl or cyclic N) is 1. The molecule has 0 fully saturated rings. The minimum absolute atomic E-state index is 0.0749. The van der Waals surface area contributed by atoms with E-state index >= 15 is 0 Å². The Hall–Kier alpha value is -3.52. The van der Waals surface area contributed by atoms with E-state index < -0.39 is 6.04 Å². The number of nitrogens with one attached hydrogen (secondary N) is 1. The first-order valence-corrected chi connectivity index (χ1v) is 10.7. The summed E-state index contributed by atoms with van der Waals surface area (Å²) in [6.45, 7) is 2.67. The molecule has 1 aliphatic heterocycles. The van der Waals surface area contributed by atoms with Crippen molar-refractivity contribution in [2.45, 2.75) is 25.8 Å². The summed E-state index contributed by atoms with van der Waals surface area (Å²) < 4.78 is 11.4. The summed E-state index contributed by atoms with van der Waals surface area (Å²) in [5.41, 5.74) is 2.83. The molecule has 0 saturated carbocycles. The lowest BCUT2D eigenvalue weighted by Crippen LogP contribution is -2.32. The third-order valence-corrected chi connectivity index (χ3v) is 5.62. The quantitative estimate of drug-likeness (QED) is 0.442. The van der Waals surface area contributed by atoms with Crippen LogP contribution in [-0.2, 0) is 0 Å². The van der Waals surface area contributed by atoms with E-state index in [1.807, 2.05) is 18.2 Å². The number of aromatic hydroxyl groups is 1. The maximum absolute atomic E-state index is 13.1. The van der Waals surface area contributed by atoms with E-state index in [-0.39, 0.29) is 24.8 Å². The number of nitrogens with zero attached hydrogens (tertiary/aromatic N) is 2. The number of para-hydroxylation sites is 1. The van der Waals surface area contributed by atoms with E-state index in [0.29, 0.717) is 40.6 Å². The van der Waals surface area contributed by atoms with E-state index in [4.69, 9.17) is 9.47 Å². The number of hydrogen-bond donors (Lipinski definition) is 3. The molecule has 4 rings (SSSR count). The van der Waals surface area contributed by atoms with Crippen molar-refractivity contribution in [3.63, 3.8) is 0 Å². The number of carbonyl (C=O) groups is 1. The Labute approximate surface area is 186 Å². The van der Waals surface area contributed by atoms with Crippen LogP contribution < -0.4 is 9.47 Å². The topological polar surface area (TPSA) is 108 Å². The molecular weight excluding hydrogens is 410 g/mol. The van der Waals surface area contributed by atoms with Crippen LogP contribution in [0.3, 0.4) is 0 Å². The molecule has 0 saturated heterocycles. The maximum Gasteiger partial charge on any atom is 0.273 e. The monoisotopic (exact) mass is 437 g/mol. The van der Waals surface area contributed by atoms with Crippen LogP contribution in [0.1, 0.15) is 47.4 Å². The molecule has 1 aliphatic rings. The van der Waals surface area contributed by atoms with E-state index in [1.54, 1.807) is 36.3 Å². The Morgan fingerprint density at radius 2 is 2.00 bits per heavy atom. The zero-order valence-corrected chi connectivity index (χ0v) is 18.2. The average Bonchev–Trinajstić information content (AvgIpc) is 3.34. The van der Waals surface area contributed by atoms with Gasteiger partial charge in [-0.1, -0.05) is 31.5 Å². The van der Waals surface area contributed by atoms with Gasteiger partial charge in [0, 0.05) is 17.7 Å². The molecule has 3 aromatic rings. The van der Waals surface area contributed by atoms with Crippen LogP contribution in [0, 0.1) is 0 Å². The maximum atomic E-state index is 13.1. The third-order valence-electron chi connectivity index (χ3n) is 5.62. The van der Waals surface area contributed by atoms with E-state index in [1.165, 1.54) is 0 Å². The fourth-order valence-electron chi connectivity index (χ4n) is 4.06. The molecule has 2 heterocycles. The summed E-state index contributed by atoms with van der Waals surface area (Å²) >= 11 is 0. The van der Waals surface area contributed by atoms with Gasteiger partial charge in [0.1, 0.15) is 17.1 Å². The van der Waals surface area contributed by atoms with Gasteiger partial charge in [-0.15, -0.1) is 0 Å². The first-order chi connectivity index (χ1) is 15.6. The van der Waals surface area contributed by atoms with Crippen molar-refractivity contribution in [2.24, 2.45) is 0 Å². The van der Waals surface area contributed by atoms with Crippen molar-refractivity contribution in [1.82, 2.24) is 15.1 Å². The van der Waals surface area contributed by atoms with Crippen molar-refractivity contribution in [2.75, 3.05) is 26.9 Å². The number of rotatable bonds is 9. The normalized spacial score (nSPS) is 15.2. The Morgan fingerprint density at radius 1 is 1.19 bits per heavy atom. The van der Waals surface area contributed by atoms with E-state index in [0.717, 1.165) is 18.4 Å². The van der Waals surface area contributed by atoms with Gasteiger partial charge in [0.2, 0.25) is 0 Å². The van der Waals surface area contributed by atoms with Gasteiger partial charge in [-0.25, -0.2) is 0 Å². The van der Waals surface area contributed by atoms with Crippen molar-refractivity contribution in [3.05, 3.63) is 59.3 Å². The average molecular weight is 437 g/mol. The van der Waals surface area contributed by atoms with Crippen LogP contribution in [0.25, 0.3) is 11.3 Å². The lowest BCUT2D eigenvalue weighted by Gasteiger charge is -2.26. The van der Waals surface area contributed by atoms with Gasteiger partial charge in [-0.2, -0.15) is 5.10 Å². The molecule has 1 atom stereocenters. The SMILES string of the molecule is CCCCOc1ccc([C@H]2c3c(-c4ccccc4O)n[nH]c3C(=O)N2CCO)cc1OC. The zero-order valence-electron chi connectivity index (χ0n) is 18.2. The number of benzene rings is 2. The van der Waals surface area contributed by atoms with Crippen molar-refractivity contribution in [3.8, 4) is 28.5 Å². The van der Waals surface area contributed by atoms with Gasteiger partial charge in [-0.3, -0.25) is 9.89 Å². The number of amides is 1. The molecule has 3 N–H and O–H groups in total. The number of aliphatic hydroxyl groups is 1. The minimum atomic E-state index is -0.503. The zero-order chi connectivity index (χ0) is 22.7. The fourth-order valence-corrected chi connectivity index (χ4v) is 4.06. The highest BCUT2D eigenvalue weighted by Crippen LogP contribution is 2.45. The van der Waals surface area contributed by atoms with Gasteiger partial charge in [0.25, 0.3) is 5.91 Å². The predicted molar refractivity (Wildman–Crippen MR) is 119 cm³/mol. The molecule has 0 spiro atoms. The molecule has 8 heteroatoms. The molecule has 2 aromatic carbocycles. The second-order valence-corrected chi connectivity index (χ2v) is 7.62. The van der Waals surface area contributed by atoms with Crippen LogP contribution in [0.5, 0.6) is 17.2 Å². The largest absolute Gasteiger partial charge is 0.507 e. The Bertz CT molecular complexity index is 1110. The lowest BCUT2D eigenvalue weighted by atomic mass is 9.95. The summed E-state index contributed by atoms with van der Waals surface area (Å²) in [6, 6.07) is 11.9. The molecule has 0 radical (unpaired) electrons. The molecule has 0 aliphatic carbocycles. The number of methoxy groups -OCH3 is 1. The van der Waals surface area contributed by atoms with Crippen molar-refractivity contribution in [1.29, 1.82) is 0 Å². The number of aliphatic hydroxyl groups excluding tert-OH is 1. The number of fused-ring (bicyclic) bond motifs is 1. The lowest BCUT2D eigenvalue weighted by molar-refractivity contribution is 0.0706. The highest BCUT2D eigenvalue weighted by atomic mass is 16.5. The number of carbonyl (C=O) groups excluding carboxylic acids is 1. The smallest absolute Gasteiger partial charge is 0.273 e. The summed E-state index contributed by atoms with van der Waals surface area (Å²) in [4.78, 5) is 14.7. The number of ether oxygens (including phenoxy) is 2. The second-order valence-electron chi connectivity index (χ2n) is 7.62. The number of H-pyrrole nitrogens is 1. The third kappa shape index (κ3) is 3.78. The highest BCUT2D eigenvalue weighted by Gasteiger charge is 2.42. The van der Waals surface area contributed by atoms with Crippen LogP contribution in [-0.4, -0.2) is 58.1 Å². The number of phenolic OH excluding ortho intramolecular Hbond substituents is 1. The Kier molecular flexibility index (Phi) is 6.32. The Balaban J connectivity index is 1.81. The second kappa shape index (κ2) is 9.32. The fraction of sp³-hybridized carbons (Fsp3) is 0.333. The van der Waals surface area contributed by atoms with E-state index in [2.05, 4.69) is 17.1 Å². The standard InChI is InChI=1S/C24H27N3O5/c1-3-4-13-32-18-10-9-15(14-19(18)31-2)23-20-21(16-7-5-6-8-17(16)29)25-26-22(20)24(30)27(23)11-12-28/h5-10,14,23,28-29H,3-4,11-13H2,1-2H3,(H,25,26)/t23-/m0/s1. The number of phenols is 1. The number of aromatic nitrogens is 2. The highest BCUT2D eigenvalue weighted by molar-refractivity contribution is 6.00. The van der Waals surface area contributed by atoms with Gasteiger partial charge in [0.05, 0.1) is 26.4 Å².